The number of rotatable bonds is 5. The fraction of sp³-hybridized carbons (Fsp3) is 0.167. The molecule has 0 spiro atoms. The Labute approximate surface area is 180 Å². The third-order valence-electron chi connectivity index (χ3n) is 4.93. The van der Waals surface area contributed by atoms with E-state index in [0.717, 1.165) is 24.1 Å². The maximum absolute atomic E-state index is 12.9. The van der Waals surface area contributed by atoms with Crippen LogP contribution in [-0.4, -0.2) is 25.0 Å². The predicted octanol–water partition coefficient (Wildman–Crippen LogP) is 4.95. The van der Waals surface area contributed by atoms with E-state index in [4.69, 9.17) is 16.3 Å². The first-order chi connectivity index (χ1) is 14.6. The molecule has 2 amide bonds. The molecule has 1 heterocycles. The van der Waals surface area contributed by atoms with Crippen molar-refractivity contribution in [3.8, 4) is 5.75 Å². The Balaban J connectivity index is 1.42. The summed E-state index contributed by atoms with van der Waals surface area (Å²) in [6.07, 6.45) is 1.74. The van der Waals surface area contributed by atoms with Gasteiger partial charge in [-0.15, -0.1) is 0 Å². The quantitative estimate of drug-likeness (QED) is 0.635. The highest BCUT2D eigenvalue weighted by molar-refractivity contribution is 6.30. The number of benzene rings is 3. The summed E-state index contributed by atoms with van der Waals surface area (Å²) < 4.78 is 5.48. The Hall–Kier alpha value is -3.31. The van der Waals surface area contributed by atoms with Crippen molar-refractivity contribution in [2.75, 3.05) is 23.4 Å². The van der Waals surface area contributed by atoms with Gasteiger partial charge < -0.3 is 15.0 Å². The van der Waals surface area contributed by atoms with Gasteiger partial charge in [0.2, 0.25) is 0 Å². The number of anilines is 2. The average molecular weight is 421 g/mol. The van der Waals surface area contributed by atoms with Crippen LogP contribution in [0.15, 0.2) is 72.8 Å². The summed E-state index contributed by atoms with van der Waals surface area (Å²) >= 11 is 5.84. The van der Waals surface area contributed by atoms with Gasteiger partial charge in [0.05, 0.1) is 0 Å². The molecule has 1 aliphatic rings. The van der Waals surface area contributed by atoms with Crippen LogP contribution in [0.5, 0.6) is 5.75 Å². The molecule has 3 aromatic carbocycles. The Bertz CT molecular complexity index is 1050. The molecule has 4 rings (SSSR count). The van der Waals surface area contributed by atoms with Crippen LogP contribution in [0.2, 0.25) is 5.02 Å². The number of ether oxygens (including phenoxy) is 1. The highest BCUT2D eigenvalue weighted by Crippen LogP contribution is 2.31. The number of fused-ring (bicyclic) bond motifs is 1. The summed E-state index contributed by atoms with van der Waals surface area (Å²) in [6, 6.07) is 21.8. The summed E-state index contributed by atoms with van der Waals surface area (Å²) in [5.74, 6) is 0.317. The second-order valence-corrected chi connectivity index (χ2v) is 7.50. The van der Waals surface area contributed by atoms with E-state index in [1.54, 1.807) is 24.3 Å². The molecule has 5 nitrogen and oxygen atoms in total. The van der Waals surface area contributed by atoms with Gasteiger partial charge >= 0.3 is 0 Å². The van der Waals surface area contributed by atoms with E-state index in [1.165, 1.54) is 0 Å². The van der Waals surface area contributed by atoms with Gasteiger partial charge in [0.25, 0.3) is 11.8 Å². The van der Waals surface area contributed by atoms with E-state index in [0.29, 0.717) is 28.6 Å². The summed E-state index contributed by atoms with van der Waals surface area (Å²) in [7, 11) is 0. The lowest BCUT2D eigenvalue weighted by atomic mass is 10.00. The van der Waals surface area contributed by atoms with Gasteiger partial charge in [-0.1, -0.05) is 29.8 Å². The van der Waals surface area contributed by atoms with Crippen LogP contribution in [0.1, 0.15) is 22.3 Å². The standard InChI is InChI=1S/C24H21ClN2O3/c25-19-8-11-21(12-9-19)30-16-23(28)26-20-10-13-22-18(15-20)7-4-14-27(22)24(29)17-5-2-1-3-6-17/h1-3,5-6,8-13,15H,4,7,14,16H2,(H,26,28). The Kier molecular flexibility index (Phi) is 6.00. The number of hydrogen-bond donors (Lipinski definition) is 1. The molecule has 3 aromatic rings. The number of carbonyl (C=O) groups is 2. The number of amides is 2. The molecule has 0 saturated carbocycles. The van der Waals surface area contributed by atoms with Gasteiger partial charge in [0.1, 0.15) is 5.75 Å². The van der Waals surface area contributed by atoms with Crippen molar-refractivity contribution in [3.05, 3.63) is 88.9 Å². The summed E-state index contributed by atoms with van der Waals surface area (Å²) in [6.45, 7) is 0.582. The number of nitrogens with zero attached hydrogens (tertiary/aromatic N) is 1. The lowest BCUT2D eigenvalue weighted by Crippen LogP contribution is -2.35. The fourth-order valence-corrected chi connectivity index (χ4v) is 3.63. The molecule has 1 aliphatic heterocycles. The van der Waals surface area contributed by atoms with Crippen molar-refractivity contribution in [1.29, 1.82) is 0 Å². The van der Waals surface area contributed by atoms with Crippen LogP contribution in [0, 0.1) is 0 Å². The normalized spacial score (nSPS) is 12.8. The summed E-state index contributed by atoms with van der Waals surface area (Å²) in [5, 5.41) is 3.47. The molecule has 0 atom stereocenters. The molecule has 30 heavy (non-hydrogen) atoms. The molecule has 0 fully saturated rings. The van der Waals surface area contributed by atoms with Crippen molar-refractivity contribution in [2.45, 2.75) is 12.8 Å². The highest BCUT2D eigenvalue weighted by atomic mass is 35.5. The molecule has 0 unspecified atom stereocenters. The molecule has 0 aliphatic carbocycles. The van der Waals surface area contributed by atoms with Crippen LogP contribution in [0.3, 0.4) is 0 Å². The molecule has 6 heteroatoms. The van der Waals surface area contributed by atoms with Gasteiger partial charge in [0, 0.05) is 28.5 Å². The minimum absolute atomic E-state index is 0.00954. The van der Waals surface area contributed by atoms with E-state index in [1.807, 2.05) is 53.4 Å². The maximum atomic E-state index is 12.9. The molecule has 0 bridgehead atoms. The molecule has 152 valence electrons. The maximum Gasteiger partial charge on any atom is 0.262 e. The zero-order chi connectivity index (χ0) is 20.9. The first-order valence-electron chi connectivity index (χ1n) is 9.78. The van der Waals surface area contributed by atoms with Crippen molar-refractivity contribution in [2.24, 2.45) is 0 Å². The zero-order valence-corrected chi connectivity index (χ0v) is 17.1. The SMILES string of the molecule is O=C(COc1ccc(Cl)cc1)Nc1ccc2c(c1)CCCN2C(=O)c1ccccc1. The molecule has 0 saturated heterocycles. The number of aryl methyl sites for hydroxylation is 1. The number of carbonyl (C=O) groups excluding carboxylic acids is 2. The van der Waals surface area contributed by atoms with Crippen molar-refractivity contribution < 1.29 is 14.3 Å². The largest absolute Gasteiger partial charge is 0.484 e. The summed E-state index contributed by atoms with van der Waals surface area (Å²) in [4.78, 5) is 27.0. The van der Waals surface area contributed by atoms with Crippen molar-refractivity contribution >= 4 is 34.8 Å². The van der Waals surface area contributed by atoms with Gasteiger partial charge in [-0.3, -0.25) is 9.59 Å². The minimum Gasteiger partial charge on any atom is -0.484 e. The third kappa shape index (κ3) is 4.63. The van der Waals surface area contributed by atoms with Gasteiger partial charge in [-0.25, -0.2) is 0 Å². The Morgan fingerprint density at radius 1 is 1.00 bits per heavy atom. The van der Waals surface area contributed by atoms with Crippen LogP contribution >= 0.6 is 11.6 Å². The first kappa shape index (κ1) is 20.0. The lowest BCUT2D eigenvalue weighted by Gasteiger charge is -2.30. The Morgan fingerprint density at radius 2 is 1.77 bits per heavy atom. The van der Waals surface area contributed by atoms with Gasteiger partial charge in [0.15, 0.2) is 6.61 Å². The molecule has 1 N–H and O–H groups in total. The minimum atomic E-state index is -0.252. The smallest absolute Gasteiger partial charge is 0.262 e. The van der Waals surface area contributed by atoms with E-state index in [-0.39, 0.29) is 18.4 Å². The first-order valence-corrected chi connectivity index (χ1v) is 10.2. The number of hydrogen-bond acceptors (Lipinski definition) is 3. The molecule has 0 radical (unpaired) electrons. The second kappa shape index (κ2) is 9.01. The topological polar surface area (TPSA) is 58.6 Å². The average Bonchev–Trinajstić information content (AvgIpc) is 2.78. The lowest BCUT2D eigenvalue weighted by molar-refractivity contribution is -0.118. The van der Waals surface area contributed by atoms with E-state index in [2.05, 4.69) is 5.32 Å². The van der Waals surface area contributed by atoms with Gasteiger partial charge in [-0.05, 0) is 73.0 Å². The molecular formula is C24H21ClN2O3. The third-order valence-corrected chi connectivity index (χ3v) is 5.18. The fourth-order valence-electron chi connectivity index (χ4n) is 3.50. The monoisotopic (exact) mass is 420 g/mol. The van der Waals surface area contributed by atoms with Crippen molar-refractivity contribution in [1.82, 2.24) is 0 Å². The second-order valence-electron chi connectivity index (χ2n) is 7.06. The van der Waals surface area contributed by atoms with E-state index < -0.39 is 0 Å². The predicted molar refractivity (Wildman–Crippen MR) is 118 cm³/mol. The zero-order valence-electron chi connectivity index (χ0n) is 16.3. The van der Waals surface area contributed by atoms with Crippen LogP contribution in [-0.2, 0) is 11.2 Å². The Morgan fingerprint density at radius 3 is 2.53 bits per heavy atom. The molecular weight excluding hydrogens is 400 g/mol. The van der Waals surface area contributed by atoms with Crippen LogP contribution in [0.4, 0.5) is 11.4 Å². The number of halogens is 1. The molecule has 0 aromatic heterocycles. The van der Waals surface area contributed by atoms with E-state index in [9.17, 15) is 9.59 Å². The van der Waals surface area contributed by atoms with Crippen LogP contribution in [0.25, 0.3) is 0 Å². The van der Waals surface area contributed by atoms with Gasteiger partial charge in [-0.2, -0.15) is 0 Å². The number of nitrogens with one attached hydrogen (secondary N) is 1. The highest BCUT2D eigenvalue weighted by Gasteiger charge is 2.23. The van der Waals surface area contributed by atoms with E-state index >= 15 is 0 Å². The van der Waals surface area contributed by atoms with Crippen LogP contribution < -0.4 is 15.0 Å². The van der Waals surface area contributed by atoms with Crippen molar-refractivity contribution in [3.63, 3.8) is 0 Å². The summed E-state index contributed by atoms with van der Waals surface area (Å²) in [5.41, 5.74) is 3.29.